The number of carbonyl (C=O) groups is 1. The Bertz CT molecular complexity index is 788. The van der Waals surface area contributed by atoms with Crippen LogP contribution in [-0.4, -0.2) is 5.78 Å². The summed E-state index contributed by atoms with van der Waals surface area (Å²) >= 11 is 1.68. The SMILES string of the molecule is Cc1sc[n+](CC(=O)c2ccc(-c3ccccc3)cc2)c1C. The Kier molecular flexibility index (Phi) is 4.16. The van der Waals surface area contributed by atoms with Gasteiger partial charge in [0.1, 0.15) is 0 Å². The number of aromatic nitrogens is 1. The molecule has 1 heterocycles. The summed E-state index contributed by atoms with van der Waals surface area (Å²) in [6.45, 7) is 4.54. The van der Waals surface area contributed by atoms with E-state index in [2.05, 4.69) is 26.0 Å². The minimum absolute atomic E-state index is 0.144. The van der Waals surface area contributed by atoms with E-state index in [-0.39, 0.29) is 5.78 Å². The molecule has 0 saturated heterocycles. The first-order valence-corrected chi connectivity index (χ1v) is 8.16. The van der Waals surface area contributed by atoms with Crippen LogP contribution in [0.5, 0.6) is 0 Å². The van der Waals surface area contributed by atoms with Crippen LogP contribution in [0.15, 0.2) is 60.1 Å². The molecule has 0 atom stereocenters. The molecule has 0 aliphatic rings. The zero-order valence-corrected chi connectivity index (χ0v) is 13.6. The lowest BCUT2D eigenvalue weighted by atomic mass is 10.0. The van der Waals surface area contributed by atoms with Crippen molar-refractivity contribution < 1.29 is 9.36 Å². The maximum absolute atomic E-state index is 12.4. The summed E-state index contributed by atoms with van der Waals surface area (Å²) in [6, 6.07) is 18.1. The van der Waals surface area contributed by atoms with Gasteiger partial charge in [-0.15, -0.1) is 0 Å². The lowest BCUT2D eigenvalue weighted by Gasteiger charge is -2.03. The van der Waals surface area contributed by atoms with Crippen LogP contribution in [0.4, 0.5) is 0 Å². The van der Waals surface area contributed by atoms with Crippen LogP contribution in [0, 0.1) is 13.8 Å². The van der Waals surface area contributed by atoms with Crippen molar-refractivity contribution in [2.75, 3.05) is 0 Å². The lowest BCUT2D eigenvalue weighted by Crippen LogP contribution is -2.38. The Morgan fingerprint density at radius 2 is 1.59 bits per heavy atom. The second-order valence-corrected chi connectivity index (χ2v) is 6.42. The molecule has 0 unspecified atom stereocenters. The van der Waals surface area contributed by atoms with Crippen molar-refractivity contribution >= 4 is 17.1 Å². The van der Waals surface area contributed by atoms with E-state index in [1.807, 2.05) is 52.5 Å². The number of ketones is 1. The molecule has 0 aliphatic carbocycles. The number of hydrogen-bond donors (Lipinski definition) is 0. The van der Waals surface area contributed by atoms with Crippen LogP contribution in [-0.2, 0) is 6.54 Å². The lowest BCUT2D eigenvalue weighted by molar-refractivity contribution is -0.684. The zero-order chi connectivity index (χ0) is 15.5. The first-order chi connectivity index (χ1) is 10.6. The highest BCUT2D eigenvalue weighted by molar-refractivity contribution is 7.09. The van der Waals surface area contributed by atoms with Gasteiger partial charge in [-0.05, 0) is 18.1 Å². The van der Waals surface area contributed by atoms with Gasteiger partial charge in [-0.1, -0.05) is 65.9 Å². The van der Waals surface area contributed by atoms with E-state index in [9.17, 15) is 4.79 Å². The van der Waals surface area contributed by atoms with Crippen molar-refractivity contribution in [2.45, 2.75) is 20.4 Å². The number of nitrogens with zero attached hydrogens (tertiary/aromatic N) is 1. The van der Waals surface area contributed by atoms with Gasteiger partial charge in [0.05, 0.1) is 4.88 Å². The molecule has 1 aromatic heterocycles. The van der Waals surface area contributed by atoms with Gasteiger partial charge >= 0.3 is 0 Å². The number of thiazole rings is 1. The van der Waals surface area contributed by atoms with Crippen molar-refractivity contribution in [1.82, 2.24) is 0 Å². The van der Waals surface area contributed by atoms with E-state index in [1.54, 1.807) is 11.3 Å². The molecule has 0 aliphatic heterocycles. The van der Waals surface area contributed by atoms with Crippen LogP contribution in [0.25, 0.3) is 11.1 Å². The predicted molar refractivity (Wildman–Crippen MR) is 90.2 cm³/mol. The first kappa shape index (κ1) is 14.7. The summed E-state index contributed by atoms with van der Waals surface area (Å²) in [5.41, 5.74) is 6.24. The molecule has 0 N–H and O–H groups in total. The highest BCUT2D eigenvalue weighted by Crippen LogP contribution is 2.19. The van der Waals surface area contributed by atoms with E-state index in [0.717, 1.165) is 11.1 Å². The highest BCUT2D eigenvalue weighted by Gasteiger charge is 2.17. The van der Waals surface area contributed by atoms with E-state index in [1.165, 1.54) is 16.1 Å². The van der Waals surface area contributed by atoms with E-state index < -0.39 is 0 Å². The van der Waals surface area contributed by atoms with Gasteiger partial charge in [-0.3, -0.25) is 4.79 Å². The molecule has 2 nitrogen and oxygen atoms in total. The maximum atomic E-state index is 12.4. The van der Waals surface area contributed by atoms with Gasteiger partial charge in [0.2, 0.25) is 17.8 Å². The maximum Gasteiger partial charge on any atom is 0.227 e. The molecule has 3 rings (SSSR count). The molecule has 0 amide bonds. The fourth-order valence-electron chi connectivity index (χ4n) is 2.39. The molecule has 3 heteroatoms. The number of hydrogen-bond acceptors (Lipinski definition) is 2. The standard InChI is InChI=1S/C19H18NOS/c1-14-15(2)22-13-20(14)12-19(21)18-10-8-17(9-11-18)16-6-4-3-5-7-16/h3-11,13H,12H2,1-2H3/q+1. The van der Waals surface area contributed by atoms with Crippen LogP contribution in [0.3, 0.4) is 0 Å². The smallest absolute Gasteiger partial charge is 0.227 e. The summed E-state index contributed by atoms with van der Waals surface area (Å²) in [6.07, 6.45) is 0. The third kappa shape index (κ3) is 3.00. The Morgan fingerprint density at radius 3 is 2.18 bits per heavy atom. The monoisotopic (exact) mass is 308 g/mol. The van der Waals surface area contributed by atoms with Crippen molar-refractivity contribution in [3.63, 3.8) is 0 Å². The Morgan fingerprint density at radius 1 is 0.955 bits per heavy atom. The minimum atomic E-state index is 0.144. The molecular weight excluding hydrogens is 290 g/mol. The van der Waals surface area contributed by atoms with E-state index in [0.29, 0.717) is 6.54 Å². The molecule has 22 heavy (non-hydrogen) atoms. The van der Waals surface area contributed by atoms with Crippen LogP contribution >= 0.6 is 11.3 Å². The summed E-state index contributed by atoms with van der Waals surface area (Å²) in [7, 11) is 0. The Hall–Kier alpha value is -2.26. The molecule has 2 aromatic carbocycles. The first-order valence-electron chi connectivity index (χ1n) is 7.28. The molecule has 3 aromatic rings. The average Bonchev–Trinajstić information content (AvgIpc) is 2.88. The highest BCUT2D eigenvalue weighted by atomic mass is 32.1. The number of aryl methyl sites for hydroxylation is 1. The van der Waals surface area contributed by atoms with E-state index in [4.69, 9.17) is 0 Å². The van der Waals surface area contributed by atoms with Gasteiger partial charge in [0.15, 0.2) is 5.69 Å². The second kappa shape index (κ2) is 6.24. The van der Waals surface area contributed by atoms with Crippen molar-refractivity contribution in [3.05, 3.63) is 76.2 Å². The van der Waals surface area contributed by atoms with Crippen LogP contribution in [0.2, 0.25) is 0 Å². The fourth-order valence-corrected chi connectivity index (χ4v) is 3.20. The van der Waals surface area contributed by atoms with Gasteiger partial charge in [0.25, 0.3) is 0 Å². The largest absolute Gasteiger partial charge is 0.287 e. The molecule has 0 radical (unpaired) electrons. The number of carbonyl (C=O) groups excluding carboxylic acids is 1. The van der Waals surface area contributed by atoms with Crippen molar-refractivity contribution in [2.24, 2.45) is 0 Å². The molecule has 110 valence electrons. The average molecular weight is 308 g/mol. The summed E-state index contributed by atoms with van der Waals surface area (Å²) < 4.78 is 2.02. The quantitative estimate of drug-likeness (QED) is 0.522. The van der Waals surface area contributed by atoms with E-state index >= 15 is 0 Å². The minimum Gasteiger partial charge on any atom is -0.287 e. The van der Waals surface area contributed by atoms with Crippen molar-refractivity contribution in [1.29, 1.82) is 0 Å². The number of rotatable bonds is 4. The van der Waals surface area contributed by atoms with Crippen molar-refractivity contribution in [3.8, 4) is 11.1 Å². The number of Topliss-reactive ketones (excluding diaryl/α,β-unsaturated/α-hetero) is 1. The fraction of sp³-hybridized carbons (Fsp3) is 0.158. The molecule has 0 saturated carbocycles. The van der Waals surface area contributed by atoms with Crippen LogP contribution in [0.1, 0.15) is 20.9 Å². The third-order valence-corrected chi connectivity index (χ3v) is 4.93. The summed E-state index contributed by atoms with van der Waals surface area (Å²) in [4.78, 5) is 13.7. The van der Waals surface area contributed by atoms with Crippen LogP contribution < -0.4 is 4.57 Å². The van der Waals surface area contributed by atoms with Gasteiger partial charge in [0, 0.05) is 12.5 Å². The summed E-state index contributed by atoms with van der Waals surface area (Å²) in [5.74, 6) is 0.144. The Labute approximate surface area is 134 Å². The zero-order valence-electron chi connectivity index (χ0n) is 12.7. The molecule has 0 fully saturated rings. The van der Waals surface area contributed by atoms with Gasteiger partial charge in [-0.2, -0.15) is 4.57 Å². The van der Waals surface area contributed by atoms with Gasteiger partial charge in [-0.25, -0.2) is 0 Å². The number of benzene rings is 2. The molecule has 0 spiro atoms. The predicted octanol–water partition coefficient (Wildman–Crippen LogP) is 4.20. The second-order valence-electron chi connectivity index (χ2n) is 5.36. The Balaban J connectivity index is 1.78. The van der Waals surface area contributed by atoms with Gasteiger partial charge < -0.3 is 0 Å². The summed E-state index contributed by atoms with van der Waals surface area (Å²) in [5, 5.41) is 0. The normalized spacial score (nSPS) is 10.6. The topological polar surface area (TPSA) is 20.9 Å². The third-order valence-electron chi connectivity index (χ3n) is 3.92. The molecule has 0 bridgehead atoms. The molecular formula is C19H18NOS+.